The number of rotatable bonds is 0. The molecular formula is C9H18N2S4. The fourth-order valence-corrected chi connectivity index (χ4v) is 8.21. The van der Waals surface area contributed by atoms with Gasteiger partial charge in [-0.2, -0.15) is 7.42 Å². The molecule has 15 heavy (non-hydrogen) atoms. The molecule has 0 aromatic carbocycles. The lowest BCUT2D eigenvalue weighted by Crippen LogP contribution is -2.53. The quantitative estimate of drug-likeness (QED) is 0.602. The van der Waals surface area contributed by atoms with E-state index < -0.39 is 0 Å². The highest BCUT2D eigenvalue weighted by molar-refractivity contribution is 8.58. The first kappa shape index (κ1) is 12.8. The maximum absolute atomic E-state index is 2.40. The van der Waals surface area contributed by atoms with Crippen LogP contribution in [0.2, 0.25) is 0 Å². The molecule has 2 fully saturated rings. The summed E-state index contributed by atoms with van der Waals surface area (Å²) in [6.07, 6.45) is 0. The van der Waals surface area contributed by atoms with Gasteiger partial charge in [-0.1, -0.05) is 0 Å². The van der Waals surface area contributed by atoms with Crippen molar-refractivity contribution >= 4 is 47.8 Å². The lowest BCUT2D eigenvalue weighted by Gasteiger charge is -2.60. The van der Waals surface area contributed by atoms with Crippen LogP contribution in [-0.2, 0) is 0 Å². The summed E-state index contributed by atoms with van der Waals surface area (Å²) < 4.78 is 5.11. The second-order valence-electron chi connectivity index (χ2n) is 5.72. The molecule has 0 atom stereocenters. The summed E-state index contributed by atoms with van der Waals surface area (Å²) in [4.78, 5) is 0. The van der Waals surface area contributed by atoms with Crippen LogP contribution in [0.3, 0.4) is 0 Å². The molecule has 88 valence electrons. The molecular weight excluding hydrogens is 264 g/mol. The molecule has 2 saturated heterocycles. The summed E-state index contributed by atoms with van der Waals surface area (Å²) in [5, 5.41) is 0. The Morgan fingerprint density at radius 2 is 0.933 bits per heavy atom. The summed E-state index contributed by atoms with van der Waals surface area (Å²) in [6, 6.07) is 0. The molecule has 2 nitrogen and oxygen atoms in total. The first-order valence-electron chi connectivity index (χ1n) is 4.99. The Morgan fingerprint density at radius 3 is 1.13 bits per heavy atom. The molecule has 2 aliphatic heterocycles. The monoisotopic (exact) mass is 282 g/mol. The van der Waals surface area contributed by atoms with Gasteiger partial charge < -0.3 is 0 Å². The zero-order chi connectivity index (χ0) is 11.5. The molecule has 0 aromatic rings. The molecule has 2 aliphatic rings. The number of hydrogen-bond acceptors (Lipinski definition) is 6. The van der Waals surface area contributed by atoms with Gasteiger partial charge in [0, 0.05) is 11.1 Å². The summed E-state index contributed by atoms with van der Waals surface area (Å²) in [5.74, 6) is 0. The third kappa shape index (κ3) is 2.45. The first-order valence-corrected chi connectivity index (χ1v) is 8.09. The molecule has 2 heterocycles. The molecule has 2 rings (SSSR count). The summed E-state index contributed by atoms with van der Waals surface area (Å²) >= 11 is 7.88. The van der Waals surface area contributed by atoms with Gasteiger partial charge in [-0.15, -0.1) is 0 Å². The van der Waals surface area contributed by atoms with Gasteiger partial charge in [0.2, 0.25) is 2.74 Å². The van der Waals surface area contributed by atoms with E-state index in [1.54, 1.807) is 0 Å². The fourth-order valence-electron chi connectivity index (χ4n) is 1.03. The highest BCUT2D eigenvalue weighted by atomic mass is 32.4. The van der Waals surface area contributed by atoms with Gasteiger partial charge >= 0.3 is 0 Å². The Balaban J connectivity index is 1.83. The van der Waals surface area contributed by atoms with Crippen LogP contribution in [0.15, 0.2) is 0 Å². The molecule has 0 aromatic heterocycles. The minimum atomic E-state index is 0.268. The topological polar surface area (TPSA) is 6.48 Å². The van der Waals surface area contributed by atoms with Crippen molar-refractivity contribution in [1.29, 1.82) is 0 Å². The average Bonchev–Trinajstić information content (AvgIpc) is 1.71. The molecule has 0 amide bonds. The Morgan fingerprint density at radius 1 is 0.667 bits per heavy atom. The van der Waals surface area contributed by atoms with E-state index in [1.807, 2.05) is 47.8 Å². The molecule has 0 radical (unpaired) electrons. The van der Waals surface area contributed by atoms with Crippen molar-refractivity contribution < 1.29 is 0 Å². The summed E-state index contributed by atoms with van der Waals surface area (Å²) in [6.45, 7) is 13.6. The molecule has 0 saturated carbocycles. The predicted molar refractivity (Wildman–Crippen MR) is 76.3 cm³/mol. The van der Waals surface area contributed by atoms with Crippen LogP contribution in [0.4, 0.5) is 0 Å². The van der Waals surface area contributed by atoms with E-state index in [1.165, 1.54) is 0 Å². The lowest BCUT2D eigenvalue weighted by molar-refractivity contribution is 0.392. The SMILES string of the molecule is CC(C)(C)N1SC2(S1)SN(C(C)(C)C)S2. The van der Waals surface area contributed by atoms with Crippen molar-refractivity contribution in [1.82, 2.24) is 7.42 Å². The molecule has 0 N–H and O–H groups in total. The molecule has 0 unspecified atom stereocenters. The molecule has 0 bridgehead atoms. The van der Waals surface area contributed by atoms with Crippen molar-refractivity contribution in [2.45, 2.75) is 55.4 Å². The van der Waals surface area contributed by atoms with Gasteiger partial charge in [0.1, 0.15) is 0 Å². The minimum absolute atomic E-state index is 0.268. The van der Waals surface area contributed by atoms with Gasteiger partial charge in [-0.05, 0) is 89.3 Å². The van der Waals surface area contributed by atoms with Crippen LogP contribution in [0.5, 0.6) is 0 Å². The summed E-state index contributed by atoms with van der Waals surface area (Å²) in [7, 11) is 0. The van der Waals surface area contributed by atoms with Crippen molar-refractivity contribution in [2.24, 2.45) is 0 Å². The number of hydrogen-bond donors (Lipinski definition) is 0. The van der Waals surface area contributed by atoms with E-state index >= 15 is 0 Å². The van der Waals surface area contributed by atoms with Gasteiger partial charge in [0.15, 0.2) is 0 Å². The molecule has 0 aliphatic carbocycles. The van der Waals surface area contributed by atoms with Crippen LogP contribution in [0, 0.1) is 0 Å². The highest BCUT2D eigenvalue weighted by Crippen LogP contribution is 2.78. The second-order valence-corrected chi connectivity index (χ2v) is 12.4. The average molecular weight is 283 g/mol. The van der Waals surface area contributed by atoms with E-state index in [2.05, 4.69) is 49.0 Å². The van der Waals surface area contributed by atoms with Crippen LogP contribution in [0.25, 0.3) is 0 Å². The van der Waals surface area contributed by atoms with Crippen LogP contribution >= 0.6 is 47.8 Å². The van der Waals surface area contributed by atoms with Gasteiger partial charge in [0.25, 0.3) is 0 Å². The van der Waals surface area contributed by atoms with Gasteiger partial charge in [-0.25, -0.2) is 0 Å². The predicted octanol–water partition coefficient (Wildman–Crippen LogP) is 4.42. The van der Waals surface area contributed by atoms with E-state index in [0.717, 1.165) is 0 Å². The normalized spacial score (nSPS) is 27.6. The van der Waals surface area contributed by atoms with E-state index in [9.17, 15) is 0 Å². The maximum Gasteiger partial charge on any atom is 0.212 e. The Hall–Kier alpha value is 1.32. The zero-order valence-electron chi connectivity index (χ0n) is 10.0. The van der Waals surface area contributed by atoms with E-state index in [0.29, 0.717) is 2.74 Å². The van der Waals surface area contributed by atoms with Crippen molar-refractivity contribution in [3.8, 4) is 0 Å². The molecule has 6 heteroatoms. The third-order valence-corrected chi connectivity index (χ3v) is 9.20. The van der Waals surface area contributed by atoms with Crippen molar-refractivity contribution in [3.63, 3.8) is 0 Å². The second kappa shape index (κ2) is 3.65. The minimum Gasteiger partial charge on any atom is -0.183 e. The van der Waals surface area contributed by atoms with Crippen LogP contribution in [0.1, 0.15) is 41.5 Å². The van der Waals surface area contributed by atoms with Gasteiger partial charge in [-0.3, -0.25) is 0 Å². The Kier molecular flexibility index (Phi) is 3.11. The Bertz CT molecular complexity index is 225. The highest BCUT2D eigenvalue weighted by Gasteiger charge is 2.61. The van der Waals surface area contributed by atoms with Crippen LogP contribution < -0.4 is 0 Å². The first-order chi connectivity index (χ1) is 6.62. The zero-order valence-corrected chi connectivity index (χ0v) is 13.3. The smallest absolute Gasteiger partial charge is 0.183 e. The fraction of sp³-hybridized carbons (Fsp3) is 1.00. The van der Waals surface area contributed by atoms with Crippen molar-refractivity contribution in [3.05, 3.63) is 0 Å². The standard InChI is InChI=1S/C9H18N2S4/c1-7(2,3)10-12-9(13-10)14-11(15-9)8(4,5)6/h1-6H3. The number of nitrogens with zero attached hydrogens (tertiary/aromatic N) is 2. The summed E-state index contributed by atoms with van der Waals surface area (Å²) in [5.41, 5.74) is 0.535. The van der Waals surface area contributed by atoms with E-state index in [-0.39, 0.29) is 11.1 Å². The van der Waals surface area contributed by atoms with Crippen LogP contribution in [-0.4, -0.2) is 21.2 Å². The van der Waals surface area contributed by atoms with Crippen molar-refractivity contribution in [2.75, 3.05) is 0 Å². The lowest BCUT2D eigenvalue weighted by atomic mass is 10.1. The Labute approximate surface area is 110 Å². The van der Waals surface area contributed by atoms with Gasteiger partial charge in [0.05, 0.1) is 0 Å². The molecule has 1 spiro atoms. The largest absolute Gasteiger partial charge is 0.212 e. The van der Waals surface area contributed by atoms with E-state index in [4.69, 9.17) is 0 Å². The maximum atomic E-state index is 2.40. The third-order valence-electron chi connectivity index (χ3n) is 1.87.